The van der Waals surface area contributed by atoms with Gasteiger partial charge in [0, 0.05) is 11.4 Å². The van der Waals surface area contributed by atoms with Crippen LogP contribution in [0, 0.1) is 22.7 Å². The average molecular weight is 334 g/mol. The van der Waals surface area contributed by atoms with Gasteiger partial charge in [-0.05, 0) is 55.2 Å². The molecule has 1 amide bonds. The quantitative estimate of drug-likeness (QED) is 0.868. The fourth-order valence-corrected chi connectivity index (χ4v) is 3.38. The number of nitrogens with one attached hydrogen (secondary N) is 1. The van der Waals surface area contributed by atoms with Gasteiger partial charge in [0.15, 0.2) is 0 Å². The monoisotopic (exact) mass is 334 g/mol. The third kappa shape index (κ3) is 3.56. The van der Waals surface area contributed by atoms with E-state index < -0.39 is 0 Å². The molecule has 6 heteroatoms. The van der Waals surface area contributed by atoms with Gasteiger partial charge in [0.2, 0.25) is 5.91 Å². The predicted octanol–water partition coefficient (Wildman–Crippen LogP) is 3.04. The third-order valence-electron chi connectivity index (χ3n) is 3.77. The van der Waals surface area contributed by atoms with Gasteiger partial charge in [-0.15, -0.1) is 0 Å². The second kappa shape index (κ2) is 7.16. The summed E-state index contributed by atoms with van der Waals surface area (Å²) in [6, 6.07) is 12.8. The van der Waals surface area contributed by atoms with Crippen molar-refractivity contribution in [3.05, 3.63) is 52.7 Å². The van der Waals surface area contributed by atoms with Crippen molar-refractivity contribution in [3.63, 3.8) is 0 Å². The Hall–Kier alpha value is -2.83. The predicted molar refractivity (Wildman–Crippen MR) is 91.5 cm³/mol. The van der Waals surface area contributed by atoms with Crippen molar-refractivity contribution in [2.24, 2.45) is 0 Å². The summed E-state index contributed by atoms with van der Waals surface area (Å²) < 4.78 is 0. The van der Waals surface area contributed by atoms with E-state index in [2.05, 4.69) is 16.4 Å². The minimum absolute atomic E-state index is 0.170. The number of hydrogen-bond donors (Lipinski definition) is 1. The van der Waals surface area contributed by atoms with Crippen LogP contribution in [0.3, 0.4) is 0 Å². The van der Waals surface area contributed by atoms with Gasteiger partial charge in [-0.1, -0.05) is 11.8 Å². The van der Waals surface area contributed by atoms with E-state index in [0.717, 1.165) is 30.5 Å². The molecule has 1 aromatic heterocycles. The fraction of sp³-hybridized carbons (Fsp3) is 0.222. The number of pyridine rings is 1. The molecular formula is C18H14N4OS. The van der Waals surface area contributed by atoms with Crippen molar-refractivity contribution in [3.8, 4) is 12.1 Å². The fourth-order valence-electron chi connectivity index (χ4n) is 2.60. The first kappa shape index (κ1) is 16.0. The van der Waals surface area contributed by atoms with E-state index in [1.54, 1.807) is 24.3 Å². The molecule has 0 radical (unpaired) electrons. The summed E-state index contributed by atoms with van der Waals surface area (Å²) in [5, 5.41) is 21.4. The molecule has 0 saturated heterocycles. The second-order valence-corrected chi connectivity index (χ2v) is 6.40. The van der Waals surface area contributed by atoms with Crippen LogP contribution in [0.5, 0.6) is 0 Å². The van der Waals surface area contributed by atoms with E-state index in [1.807, 2.05) is 12.1 Å². The van der Waals surface area contributed by atoms with Gasteiger partial charge in [-0.25, -0.2) is 4.98 Å². The first-order chi connectivity index (χ1) is 11.7. The van der Waals surface area contributed by atoms with Crippen molar-refractivity contribution >= 4 is 23.4 Å². The Kier molecular flexibility index (Phi) is 4.79. The van der Waals surface area contributed by atoms with E-state index in [4.69, 9.17) is 5.26 Å². The lowest BCUT2D eigenvalue weighted by atomic mass is 10.2. The largest absolute Gasteiger partial charge is 0.325 e. The van der Waals surface area contributed by atoms with Crippen LogP contribution in [0.15, 0.2) is 35.4 Å². The zero-order valence-electron chi connectivity index (χ0n) is 12.9. The van der Waals surface area contributed by atoms with Crippen LogP contribution < -0.4 is 5.32 Å². The Balaban J connectivity index is 1.64. The van der Waals surface area contributed by atoms with Crippen LogP contribution >= 0.6 is 11.8 Å². The number of benzene rings is 1. The number of fused-ring (bicyclic) bond motifs is 1. The maximum absolute atomic E-state index is 12.1. The number of amides is 1. The molecule has 3 rings (SSSR count). The molecule has 2 aromatic rings. The number of aryl methyl sites for hydroxylation is 2. The third-order valence-corrected chi connectivity index (χ3v) is 4.77. The first-order valence-electron chi connectivity index (χ1n) is 7.55. The number of carbonyl (C=O) groups is 1. The number of anilines is 1. The highest BCUT2D eigenvalue weighted by Crippen LogP contribution is 2.27. The summed E-state index contributed by atoms with van der Waals surface area (Å²) in [5.41, 5.74) is 3.92. The van der Waals surface area contributed by atoms with Crippen LogP contribution in [-0.2, 0) is 17.6 Å². The summed E-state index contributed by atoms with van der Waals surface area (Å²) in [6.07, 6.45) is 2.98. The van der Waals surface area contributed by atoms with Crippen LogP contribution in [0.2, 0.25) is 0 Å². The Morgan fingerprint density at radius 1 is 1.21 bits per heavy atom. The molecule has 5 nitrogen and oxygen atoms in total. The zero-order valence-corrected chi connectivity index (χ0v) is 13.7. The number of nitrogens with zero attached hydrogens (tertiary/aromatic N) is 3. The molecule has 0 unspecified atom stereocenters. The van der Waals surface area contributed by atoms with Crippen molar-refractivity contribution in [1.29, 1.82) is 10.5 Å². The number of nitriles is 2. The molecule has 1 aromatic carbocycles. The van der Waals surface area contributed by atoms with E-state index in [9.17, 15) is 10.1 Å². The molecule has 1 aliphatic carbocycles. The molecule has 0 fully saturated rings. The van der Waals surface area contributed by atoms with E-state index in [-0.39, 0.29) is 11.7 Å². The summed E-state index contributed by atoms with van der Waals surface area (Å²) >= 11 is 1.27. The molecule has 0 bridgehead atoms. The van der Waals surface area contributed by atoms with Crippen LogP contribution in [0.1, 0.15) is 28.8 Å². The minimum atomic E-state index is -0.170. The number of carbonyl (C=O) groups excluding carboxylic acids is 1. The molecule has 24 heavy (non-hydrogen) atoms. The van der Waals surface area contributed by atoms with E-state index >= 15 is 0 Å². The number of hydrogen-bond acceptors (Lipinski definition) is 5. The first-order valence-corrected chi connectivity index (χ1v) is 8.54. The molecule has 0 atom stereocenters. The van der Waals surface area contributed by atoms with Crippen molar-refractivity contribution < 1.29 is 4.79 Å². The van der Waals surface area contributed by atoms with Crippen LogP contribution in [0.4, 0.5) is 5.69 Å². The van der Waals surface area contributed by atoms with Gasteiger partial charge in [0.05, 0.1) is 22.9 Å². The zero-order chi connectivity index (χ0) is 16.9. The normalized spacial score (nSPS) is 12.1. The smallest absolute Gasteiger partial charge is 0.234 e. The Morgan fingerprint density at radius 2 is 2.00 bits per heavy atom. The molecule has 1 N–H and O–H groups in total. The minimum Gasteiger partial charge on any atom is -0.325 e. The molecule has 1 aliphatic rings. The molecule has 118 valence electrons. The molecule has 0 spiro atoms. The van der Waals surface area contributed by atoms with Gasteiger partial charge in [0.25, 0.3) is 0 Å². The molecular weight excluding hydrogens is 320 g/mol. The summed E-state index contributed by atoms with van der Waals surface area (Å²) in [7, 11) is 0. The van der Waals surface area contributed by atoms with E-state index in [1.165, 1.54) is 11.8 Å². The van der Waals surface area contributed by atoms with Gasteiger partial charge in [-0.3, -0.25) is 4.79 Å². The lowest BCUT2D eigenvalue weighted by Gasteiger charge is -2.07. The molecule has 0 saturated carbocycles. The molecule has 0 aliphatic heterocycles. The van der Waals surface area contributed by atoms with Gasteiger partial charge in [-0.2, -0.15) is 10.5 Å². The Morgan fingerprint density at radius 3 is 2.71 bits per heavy atom. The Bertz CT molecular complexity index is 862. The number of rotatable bonds is 4. The topological polar surface area (TPSA) is 89.6 Å². The number of thioether (sulfide) groups is 1. The average Bonchev–Trinajstić information content (AvgIpc) is 3.07. The van der Waals surface area contributed by atoms with Crippen LogP contribution in [-0.4, -0.2) is 16.6 Å². The van der Waals surface area contributed by atoms with E-state index in [0.29, 0.717) is 21.8 Å². The van der Waals surface area contributed by atoms with Gasteiger partial charge in [0.1, 0.15) is 11.1 Å². The van der Waals surface area contributed by atoms with Crippen molar-refractivity contribution in [1.82, 2.24) is 4.98 Å². The highest BCUT2D eigenvalue weighted by Gasteiger charge is 2.17. The lowest BCUT2D eigenvalue weighted by molar-refractivity contribution is -0.113. The molecule has 1 heterocycles. The lowest BCUT2D eigenvalue weighted by Crippen LogP contribution is -2.14. The van der Waals surface area contributed by atoms with Gasteiger partial charge < -0.3 is 5.32 Å². The maximum atomic E-state index is 12.1. The van der Waals surface area contributed by atoms with Crippen molar-refractivity contribution in [2.45, 2.75) is 24.3 Å². The Labute approximate surface area is 144 Å². The summed E-state index contributed by atoms with van der Waals surface area (Å²) in [4.78, 5) is 16.6. The highest BCUT2D eigenvalue weighted by atomic mass is 32.2. The maximum Gasteiger partial charge on any atom is 0.234 e. The SMILES string of the molecule is N#Cc1ccc(NC(=O)CSc2nc3c(cc2C#N)CCC3)cc1. The number of aromatic nitrogens is 1. The highest BCUT2D eigenvalue weighted by molar-refractivity contribution is 8.00. The second-order valence-electron chi connectivity index (χ2n) is 5.44. The summed E-state index contributed by atoms with van der Waals surface area (Å²) in [6.45, 7) is 0. The van der Waals surface area contributed by atoms with Crippen LogP contribution in [0.25, 0.3) is 0 Å². The van der Waals surface area contributed by atoms with Gasteiger partial charge >= 0.3 is 0 Å². The standard InChI is InChI=1S/C18H14N4OS/c19-9-12-4-6-15(7-5-12)21-17(23)11-24-18-14(10-20)8-13-2-1-3-16(13)22-18/h4-8H,1-3,11H2,(H,21,23). The van der Waals surface area contributed by atoms with Crippen molar-refractivity contribution in [2.75, 3.05) is 11.1 Å². The summed E-state index contributed by atoms with van der Waals surface area (Å²) in [5.74, 6) is 0.0106.